The second-order valence-electron chi connectivity index (χ2n) is 8.48. The number of thioether (sulfide) groups is 2. The lowest BCUT2D eigenvalue weighted by molar-refractivity contribution is 0.250. The number of hydrogen-bond acceptors (Lipinski definition) is 6. The van der Waals surface area contributed by atoms with E-state index in [2.05, 4.69) is 42.5 Å². The second-order valence-corrected chi connectivity index (χ2v) is 12.2. The van der Waals surface area contributed by atoms with E-state index < -0.39 is 10.1 Å². The van der Waals surface area contributed by atoms with Crippen molar-refractivity contribution >= 4 is 33.6 Å². The number of benzene rings is 4. The molecule has 0 aliphatic carbocycles. The van der Waals surface area contributed by atoms with Crippen molar-refractivity contribution in [2.24, 2.45) is 0 Å². The summed E-state index contributed by atoms with van der Waals surface area (Å²) in [5.41, 5.74) is 3.37. The van der Waals surface area contributed by atoms with Gasteiger partial charge in [-0.25, -0.2) is 0 Å². The number of aryl methyl sites for hydroxylation is 1. The second kappa shape index (κ2) is 13.7. The molecule has 0 amide bonds. The normalized spacial score (nSPS) is 11.4. The van der Waals surface area contributed by atoms with Crippen LogP contribution in [0.25, 0.3) is 0 Å². The predicted molar refractivity (Wildman–Crippen MR) is 153 cm³/mol. The molecule has 0 unspecified atom stereocenters. The van der Waals surface area contributed by atoms with Crippen molar-refractivity contribution in [3.05, 3.63) is 120 Å². The summed E-state index contributed by atoms with van der Waals surface area (Å²) in [5.74, 6) is 2.46. The molecule has 0 saturated carbocycles. The Bertz CT molecular complexity index is 1300. The fraction of sp³-hybridized carbons (Fsp3) is 0.200. The van der Waals surface area contributed by atoms with Crippen molar-refractivity contribution in [3.8, 4) is 5.75 Å². The van der Waals surface area contributed by atoms with Crippen LogP contribution in [0.15, 0.2) is 118 Å². The molecule has 0 heterocycles. The van der Waals surface area contributed by atoms with Crippen LogP contribution in [-0.2, 0) is 25.8 Å². The van der Waals surface area contributed by atoms with E-state index >= 15 is 0 Å². The average Bonchev–Trinajstić information content (AvgIpc) is 2.92. The zero-order valence-corrected chi connectivity index (χ0v) is 23.2. The Balaban J connectivity index is 1.35. The van der Waals surface area contributed by atoms with Gasteiger partial charge in [0.1, 0.15) is 5.75 Å². The van der Waals surface area contributed by atoms with Crippen LogP contribution in [-0.4, -0.2) is 21.6 Å². The summed E-state index contributed by atoms with van der Waals surface area (Å²) in [5, 5.41) is 0. The highest BCUT2D eigenvalue weighted by Gasteiger charge is 2.14. The lowest BCUT2D eigenvalue weighted by Gasteiger charge is -2.12. The van der Waals surface area contributed by atoms with Crippen LogP contribution in [0.1, 0.15) is 23.1 Å². The summed E-state index contributed by atoms with van der Waals surface area (Å²) in [4.78, 5) is 2.62. The molecule has 0 atom stereocenters. The molecular weight excluding hydrogens is 521 g/mol. The van der Waals surface area contributed by atoms with E-state index in [4.69, 9.17) is 8.92 Å². The van der Waals surface area contributed by atoms with Gasteiger partial charge in [-0.2, -0.15) is 8.42 Å². The van der Waals surface area contributed by atoms with Crippen molar-refractivity contribution < 1.29 is 17.3 Å². The highest BCUT2D eigenvalue weighted by molar-refractivity contribution is 7.98. The zero-order valence-electron chi connectivity index (χ0n) is 20.7. The standard InChI is InChI=1S/C30H30O4S3/c1-24-13-15-30(16-14-24)37(31,32)34-18-8-17-33-27-20-25(22-35-28-9-4-2-5-10-28)19-26(21-27)23-36-29-11-6-3-7-12-29/h2-7,9-16,19-21H,8,17-18,22-23H2,1H3. The largest absolute Gasteiger partial charge is 0.493 e. The average molecular weight is 551 g/mol. The Morgan fingerprint density at radius 2 is 1.22 bits per heavy atom. The molecule has 4 aromatic carbocycles. The van der Waals surface area contributed by atoms with Gasteiger partial charge in [0.15, 0.2) is 0 Å². The molecular formula is C30H30O4S3. The minimum absolute atomic E-state index is 0.0659. The van der Waals surface area contributed by atoms with E-state index in [9.17, 15) is 8.42 Å². The topological polar surface area (TPSA) is 52.6 Å². The fourth-order valence-electron chi connectivity index (χ4n) is 3.54. The molecule has 0 spiro atoms. The Morgan fingerprint density at radius 3 is 1.76 bits per heavy atom. The maximum absolute atomic E-state index is 12.4. The molecule has 0 radical (unpaired) electrons. The van der Waals surface area contributed by atoms with Gasteiger partial charge in [0.25, 0.3) is 10.1 Å². The summed E-state index contributed by atoms with van der Waals surface area (Å²) in [6.07, 6.45) is 0.460. The van der Waals surface area contributed by atoms with Crippen LogP contribution in [0, 0.1) is 6.92 Å². The molecule has 4 rings (SSSR count). The van der Waals surface area contributed by atoms with Crippen molar-refractivity contribution in [1.29, 1.82) is 0 Å². The molecule has 0 N–H and O–H groups in total. The fourth-order valence-corrected chi connectivity index (χ4v) is 6.18. The third-order valence-corrected chi connectivity index (χ3v) is 8.92. The number of hydrogen-bond donors (Lipinski definition) is 0. The predicted octanol–water partition coefficient (Wildman–Crippen LogP) is 7.75. The van der Waals surface area contributed by atoms with Gasteiger partial charge in [0.05, 0.1) is 18.1 Å². The number of rotatable bonds is 13. The summed E-state index contributed by atoms with van der Waals surface area (Å²) in [6, 6.07) is 33.7. The van der Waals surface area contributed by atoms with Crippen LogP contribution in [0.3, 0.4) is 0 Å². The molecule has 192 valence electrons. The molecule has 4 aromatic rings. The summed E-state index contributed by atoms with van der Waals surface area (Å²) in [7, 11) is -3.76. The Morgan fingerprint density at radius 1 is 0.676 bits per heavy atom. The molecule has 7 heteroatoms. The number of ether oxygens (including phenoxy) is 1. The van der Waals surface area contributed by atoms with Crippen LogP contribution in [0.2, 0.25) is 0 Å². The first-order valence-electron chi connectivity index (χ1n) is 12.1. The monoisotopic (exact) mass is 550 g/mol. The minimum Gasteiger partial charge on any atom is -0.493 e. The molecule has 0 aliphatic heterocycles. The Hall–Kier alpha value is -2.71. The van der Waals surface area contributed by atoms with E-state index in [1.807, 2.05) is 43.3 Å². The minimum atomic E-state index is -3.76. The van der Waals surface area contributed by atoms with Crippen molar-refractivity contribution in [2.45, 2.75) is 39.5 Å². The van der Waals surface area contributed by atoms with Gasteiger partial charge in [-0.05, 0) is 66.6 Å². The molecule has 0 fully saturated rings. The maximum Gasteiger partial charge on any atom is 0.296 e. The molecule has 37 heavy (non-hydrogen) atoms. The van der Waals surface area contributed by atoms with Gasteiger partial charge >= 0.3 is 0 Å². The highest BCUT2D eigenvalue weighted by Crippen LogP contribution is 2.29. The van der Waals surface area contributed by atoms with E-state index in [1.54, 1.807) is 47.8 Å². The Labute approximate surface area is 228 Å². The van der Waals surface area contributed by atoms with Crippen molar-refractivity contribution in [2.75, 3.05) is 13.2 Å². The first-order chi connectivity index (χ1) is 18.0. The molecule has 0 bridgehead atoms. The summed E-state index contributed by atoms with van der Waals surface area (Å²) >= 11 is 3.58. The van der Waals surface area contributed by atoms with Crippen LogP contribution >= 0.6 is 23.5 Å². The molecule has 0 aliphatic rings. The van der Waals surface area contributed by atoms with E-state index in [1.165, 1.54) is 20.9 Å². The van der Waals surface area contributed by atoms with Gasteiger partial charge in [-0.1, -0.05) is 60.2 Å². The van der Waals surface area contributed by atoms with Gasteiger partial charge < -0.3 is 4.74 Å². The van der Waals surface area contributed by atoms with Gasteiger partial charge in [0.2, 0.25) is 0 Å². The third-order valence-electron chi connectivity index (χ3n) is 5.43. The molecule has 0 saturated heterocycles. The lowest BCUT2D eigenvalue weighted by Crippen LogP contribution is -2.10. The first-order valence-corrected chi connectivity index (χ1v) is 15.4. The summed E-state index contributed by atoms with van der Waals surface area (Å²) < 4.78 is 36.0. The van der Waals surface area contributed by atoms with Crippen molar-refractivity contribution in [1.82, 2.24) is 0 Å². The van der Waals surface area contributed by atoms with E-state index in [-0.39, 0.29) is 11.5 Å². The van der Waals surface area contributed by atoms with Crippen LogP contribution in [0.4, 0.5) is 0 Å². The van der Waals surface area contributed by atoms with Crippen molar-refractivity contribution in [3.63, 3.8) is 0 Å². The van der Waals surface area contributed by atoms with Gasteiger partial charge in [-0.3, -0.25) is 4.18 Å². The van der Waals surface area contributed by atoms with Gasteiger partial charge in [0, 0.05) is 27.7 Å². The highest BCUT2D eigenvalue weighted by atomic mass is 32.2. The Kier molecular flexibility index (Phi) is 10.1. The van der Waals surface area contributed by atoms with E-state index in [0.717, 1.165) is 22.8 Å². The maximum atomic E-state index is 12.4. The van der Waals surface area contributed by atoms with E-state index in [0.29, 0.717) is 13.0 Å². The lowest BCUT2D eigenvalue weighted by atomic mass is 10.1. The van der Waals surface area contributed by atoms with Crippen LogP contribution < -0.4 is 4.74 Å². The zero-order chi connectivity index (χ0) is 25.9. The SMILES string of the molecule is Cc1ccc(S(=O)(=O)OCCCOc2cc(CSc3ccccc3)cc(CSc3ccccc3)c2)cc1. The third kappa shape index (κ3) is 8.97. The summed E-state index contributed by atoms with van der Waals surface area (Å²) in [6.45, 7) is 2.34. The van der Waals surface area contributed by atoms with Crippen LogP contribution in [0.5, 0.6) is 5.75 Å². The first kappa shape index (κ1) is 27.3. The molecule has 0 aromatic heterocycles. The molecule has 4 nitrogen and oxygen atoms in total. The van der Waals surface area contributed by atoms with Gasteiger partial charge in [-0.15, -0.1) is 23.5 Å². The smallest absolute Gasteiger partial charge is 0.296 e. The quantitative estimate of drug-likeness (QED) is 0.0964.